The monoisotopic (exact) mass is 319 g/mol. The number of anilines is 1. The molecule has 0 aliphatic carbocycles. The van der Waals surface area contributed by atoms with E-state index >= 15 is 0 Å². The summed E-state index contributed by atoms with van der Waals surface area (Å²) in [5.41, 5.74) is 7.46. The minimum Gasteiger partial charge on any atom is -0.493 e. The molecule has 6 nitrogen and oxygen atoms in total. The average molecular weight is 319 g/mol. The van der Waals surface area contributed by atoms with E-state index < -0.39 is 5.91 Å². The number of hydrogen-bond acceptors (Lipinski definition) is 5. The van der Waals surface area contributed by atoms with Crippen LogP contribution in [0.4, 0.5) is 5.13 Å². The first-order valence-electron chi connectivity index (χ1n) is 6.71. The second kappa shape index (κ2) is 7.04. The lowest BCUT2D eigenvalue weighted by Crippen LogP contribution is -2.15. The van der Waals surface area contributed by atoms with E-state index in [1.54, 1.807) is 0 Å². The molecule has 0 aliphatic rings. The van der Waals surface area contributed by atoms with Gasteiger partial charge in [0, 0.05) is 0 Å². The molecule has 1 aromatic heterocycles. The summed E-state index contributed by atoms with van der Waals surface area (Å²) in [5, 5.41) is 2.96. The van der Waals surface area contributed by atoms with E-state index in [-0.39, 0.29) is 18.9 Å². The SMILES string of the molecule is Cc1ccc(OCCC(=O)Nc2ncc(C(N)=O)s2)cc1C. The number of thiazole rings is 1. The van der Waals surface area contributed by atoms with Crippen LogP contribution in [0.1, 0.15) is 27.2 Å². The van der Waals surface area contributed by atoms with Crippen LogP contribution >= 0.6 is 11.3 Å². The lowest BCUT2D eigenvalue weighted by molar-refractivity contribution is -0.116. The Hall–Kier alpha value is -2.41. The van der Waals surface area contributed by atoms with E-state index in [2.05, 4.69) is 10.3 Å². The third-order valence-corrected chi connectivity index (χ3v) is 4.00. The second-order valence-electron chi connectivity index (χ2n) is 4.79. The number of nitrogens with zero attached hydrogens (tertiary/aromatic N) is 1. The molecule has 2 rings (SSSR count). The second-order valence-corrected chi connectivity index (χ2v) is 5.82. The van der Waals surface area contributed by atoms with Gasteiger partial charge in [-0.2, -0.15) is 0 Å². The fourth-order valence-corrected chi connectivity index (χ4v) is 2.38. The van der Waals surface area contributed by atoms with E-state index in [0.717, 1.165) is 22.6 Å². The highest BCUT2D eigenvalue weighted by Gasteiger charge is 2.09. The summed E-state index contributed by atoms with van der Waals surface area (Å²) in [7, 11) is 0. The Balaban J connectivity index is 1.79. The minimum atomic E-state index is -0.559. The zero-order chi connectivity index (χ0) is 16.1. The Bertz CT molecular complexity index is 697. The van der Waals surface area contributed by atoms with Gasteiger partial charge in [-0.25, -0.2) is 4.98 Å². The Morgan fingerprint density at radius 2 is 2.09 bits per heavy atom. The molecule has 2 amide bonds. The van der Waals surface area contributed by atoms with Crippen molar-refractivity contribution in [3.05, 3.63) is 40.4 Å². The summed E-state index contributed by atoms with van der Waals surface area (Å²) in [6.45, 7) is 4.30. The predicted octanol–water partition coefficient (Wildman–Crippen LogP) is 2.27. The van der Waals surface area contributed by atoms with Crippen LogP contribution in [0.3, 0.4) is 0 Å². The van der Waals surface area contributed by atoms with Crippen LogP contribution < -0.4 is 15.8 Å². The van der Waals surface area contributed by atoms with Crippen LogP contribution in [-0.4, -0.2) is 23.4 Å². The number of nitrogens with one attached hydrogen (secondary N) is 1. The van der Waals surface area contributed by atoms with E-state index in [9.17, 15) is 9.59 Å². The van der Waals surface area contributed by atoms with Crippen molar-refractivity contribution in [3.8, 4) is 5.75 Å². The molecule has 0 aliphatic heterocycles. The van der Waals surface area contributed by atoms with Crippen molar-refractivity contribution in [1.29, 1.82) is 0 Å². The Morgan fingerprint density at radius 1 is 1.32 bits per heavy atom. The first-order chi connectivity index (χ1) is 10.5. The number of benzene rings is 1. The van der Waals surface area contributed by atoms with Gasteiger partial charge in [-0.1, -0.05) is 17.4 Å². The van der Waals surface area contributed by atoms with Crippen LogP contribution in [0.25, 0.3) is 0 Å². The van der Waals surface area contributed by atoms with Gasteiger partial charge in [0.05, 0.1) is 19.2 Å². The Morgan fingerprint density at radius 3 is 2.73 bits per heavy atom. The first kappa shape index (κ1) is 16.0. The van der Waals surface area contributed by atoms with Crippen molar-refractivity contribution < 1.29 is 14.3 Å². The molecular formula is C15H17N3O3S. The lowest BCUT2D eigenvalue weighted by Gasteiger charge is -2.08. The van der Waals surface area contributed by atoms with Gasteiger partial charge >= 0.3 is 0 Å². The average Bonchev–Trinajstić information content (AvgIpc) is 2.91. The van der Waals surface area contributed by atoms with E-state index in [1.807, 2.05) is 32.0 Å². The highest BCUT2D eigenvalue weighted by molar-refractivity contribution is 7.17. The number of aromatic nitrogens is 1. The summed E-state index contributed by atoms with van der Waals surface area (Å²) in [5.74, 6) is -0.0496. The zero-order valence-electron chi connectivity index (χ0n) is 12.4. The quantitative estimate of drug-likeness (QED) is 0.854. The molecule has 0 saturated carbocycles. The number of amides is 2. The van der Waals surface area contributed by atoms with Crippen LogP contribution in [-0.2, 0) is 4.79 Å². The van der Waals surface area contributed by atoms with Gasteiger partial charge in [0.2, 0.25) is 5.91 Å². The molecule has 2 aromatic rings. The molecule has 1 heterocycles. The summed E-state index contributed by atoms with van der Waals surface area (Å²) < 4.78 is 5.54. The fraction of sp³-hybridized carbons (Fsp3) is 0.267. The predicted molar refractivity (Wildman–Crippen MR) is 85.3 cm³/mol. The van der Waals surface area contributed by atoms with Gasteiger partial charge in [0.15, 0.2) is 5.13 Å². The summed E-state index contributed by atoms with van der Waals surface area (Å²) in [4.78, 5) is 26.9. The minimum absolute atomic E-state index is 0.193. The topological polar surface area (TPSA) is 94.3 Å². The maximum atomic E-state index is 11.8. The normalized spacial score (nSPS) is 10.3. The molecule has 0 radical (unpaired) electrons. The van der Waals surface area contributed by atoms with Gasteiger partial charge in [-0.05, 0) is 37.1 Å². The van der Waals surface area contributed by atoms with Crippen LogP contribution in [0, 0.1) is 13.8 Å². The van der Waals surface area contributed by atoms with Gasteiger partial charge in [0.1, 0.15) is 10.6 Å². The molecule has 0 atom stereocenters. The lowest BCUT2D eigenvalue weighted by atomic mass is 10.1. The maximum Gasteiger partial charge on any atom is 0.260 e. The maximum absolute atomic E-state index is 11.8. The van der Waals surface area contributed by atoms with E-state index in [4.69, 9.17) is 10.5 Å². The number of rotatable bonds is 6. The third kappa shape index (κ3) is 4.29. The molecule has 1 aromatic carbocycles. The van der Waals surface area contributed by atoms with Crippen LogP contribution in [0.2, 0.25) is 0 Å². The fourth-order valence-electron chi connectivity index (χ4n) is 1.69. The van der Waals surface area contributed by atoms with Gasteiger partial charge < -0.3 is 15.8 Å². The van der Waals surface area contributed by atoms with Crippen LogP contribution in [0.5, 0.6) is 5.75 Å². The molecule has 22 heavy (non-hydrogen) atoms. The summed E-state index contributed by atoms with van der Waals surface area (Å²) in [6, 6.07) is 5.79. The highest BCUT2D eigenvalue weighted by atomic mass is 32.1. The van der Waals surface area contributed by atoms with E-state index in [1.165, 1.54) is 11.8 Å². The molecule has 3 N–H and O–H groups in total. The smallest absolute Gasteiger partial charge is 0.260 e. The van der Waals surface area contributed by atoms with Crippen molar-refractivity contribution in [2.45, 2.75) is 20.3 Å². The summed E-state index contributed by atoms with van der Waals surface area (Å²) >= 11 is 1.04. The number of carbonyl (C=O) groups excluding carboxylic acids is 2. The molecule has 0 spiro atoms. The number of ether oxygens (including phenoxy) is 1. The standard InChI is InChI=1S/C15H17N3O3S/c1-9-3-4-11(7-10(9)2)21-6-5-13(19)18-15-17-8-12(22-15)14(16)20/h3-4,7-8H,5-6H2,1-2H3,(H2,16,20)(H,17,18,19). The molecular weight excluding hydrogens is 302 g/mol. The first-order valence-corrected chi connectivity index (χ1v) is 7.53. The Kier molecular flexibility index (Phi) is 5.11. The van der Waals surface area contributed by atoms with Crippen molar-refractivity contribution in [2.24, 2.45) is 5.73 Å². The van der Waals surface area contributed by atoms with Crippen molar-refractivity contribution in [2.75, 3.05) is 11.9 Å². The van der Waals surface area contributed by atoms with Crippen molar-refractivity contribution in [3.63, 3.8) is 0 Å². The van der Waals surface area contributed by atoms with Crippen LogP contribution in [0.15, 0.2) is 24.4 Å². The molecule has 0 unspecified atom stereocenters. The molecule has 116 valence electrons. The summed E-state index contributed by atoms with van der Waals surface area (Å²) in [6.07, 6.45) is 1.53. The van der Waals surface area contributed by atoms with Crippen molar-refractivity contribution >= 4 is 28.3 Å². The largest absolute Gasteiger partial charge is 0.493 e. The molecule has 0 fully saturated rings. The van der Waals surface area contributed by atoms with Gasteiger partial charge in [-0.15, -0.1) is 0 Å². The number of hydrogen-bond donors (Lipinski definition) is 2. The molecule has 0 saturated heterocycles. The number of carbonyl (C=O) groups is 2. The Labute approximate surface area is 132 Å². The molecule has 0 bridgehead atoms. The number of nitrogens with two attached hydrogens (primary N) is 1. The zero-order valence-corrected chi connectivity index (χ0v) is 13.2. The highest BCUT2D eigenvalue weighted by Crippen LogP contribution is 2.18. The number of primary amides is 1. The van der Waals surface area contributed by atoms with Gasteiger partial charge in [-0.3, -0.25) is 9.59 Å². The van der Waals surface area contributed by atoms with Crippen molar-refractivity contribution in [1.82, 2.24) is 4.98 Å². The van der Waals surface area contributed by atoms with E-state index in [0.29, 0.717) is 10.0 Å². The third-order valence-electron chi connectivity index (χ3n) is 3.07. The van der Waals surface area contributed by atoms with Gasteiger partial charge in [0.25, 0.3) is 5.91 Å². The number of aryl methyl sites for hydroxylation is 2. The molecule has 7 heteroatoms.